The van der Waals surface area contributed by atoms with E-state index in [4.69, 9.17) is 13.3 Å². The van der Waals surface area contributed by atoms with Crippen molar-refractivity contribution in [3.05, 3.63) is 45.7 Å². The highest BCUT2D eigenvalue weighted by Crippen LogP contribution is 2.31. The third kappa shape index (κ3) is 7.73. The van der Waals surface area contributed by atoms with Crippen molar-refractivity contribution in [1.29, 1.82) is 0 Å². The summed E-state index contributed by atoms with van der Waals surface area (Å²) in [4.78, 5) is 1.28. The summed E-state index contributed by atoms with van der Waals surface area (Å²) in [5.74, 6) is 0. The van der Waals surface area contributed by atoms with Gasteiger partial charge in [-0.05, 0) is 93.6 Å². The lowest BCUT2D eigenvalue weighted by molar-refractivity contribution is 0.00292. The van der Waals surface area contributed by atoms with Gasteiger partial charge in [-0.25, -0.2) is 0 Å². The van der Waals surface area contributed by atoms with Gasteiger partial charge in [0.05, 0.1) is 3.79 Å². The number of rotatable bonds is 11. The van der Waals surface area contributed by atoms with Crippen LogP contribution in [0.15, 0.2) is 40.2 Å². The van der Waals surface area contributed by atoms with Gasteiger partial charge in [0.2, 0.25) is 0 Å². The van der Waals surface area contributed by atoms with Crippen LogP contribution in [-0.2, 0) is 19.7 Å². The van der Waals surface area contributed by atoms with E-state index in [1.54, 1.807) is 11.3 Å². The normalized spacial score (nSPS) is 12.5. The fourth-order valence-electron chi connectivity index (χ4n) is 3.15. The van der Waals surface area contributed by atoms with Gasteiger partial charge in [-0.2, -0.15) is 0 Å². The Morgan fingerprint density at radius 2 is 1.36 bits per heavy atom. The number of aryl methyl sites for hydroxylation is 1. The van der Waals surface area contributed by atoms with E-state index >= 15 is 0 Å². The average Bonchev–Trinajstić information content (AvgIpc) is 3.00. The summed E-state index contributed by atoms with van der Waals surface area (Å²) in [5, 5.41) is 0. The van der Waals surface area contributed by atoms with Crippen LogP contribution in [0, 0.1) is 0 Å². The Hall–Kier alpha value is -0.503. The fraction of sp³-hybridized carbons (Fsp3) is 0.545. The third-order valence-corrected chi connectivity index (χ3v) is 9.14. The number of hydrogen-bond acceptors (Lipinski definition) is 4. The van der Waals surface area contributed by atoms with E-state index in [9.17, 15) is 0 Å². The predicted octanol–water partition coefficient (Wildman–Crippen LogP) is 7.32. The van der Waals surface area contributed by atoms with Crippen molar-refractivity contribution in [2.45, 2.75) is 78.7 Å². The molecule has 1 aromatic heterocycles. The highest BCUT2D eigenvalue weighted by atomic mass is 79.9. The molecule has 0 spiro atoms. The Morgan fingerprint density at radius 1 is 0.821 bits per heavy atom. The van der Waals surface area contributed by atoms with Crippen LogP contribution in [0.1, 0.15) is 53.5 Å². The van der Waals surface area contributed by atoms with Gasteiger partial charge in [0, 0.05) is 29.2 Å². The van der Waals surface area contributed by atoms with E-state index in [2.05, 4.69) is 93.9 Å². The zero-order valence-corrected chi connectivity index (χ0v) is 21.2. The van der Waals surface area contributed by atoms with Crippen molar-refractivity contribution in [3.8, 4) is 10.4 Å². The van der Waals surface area contributed by atoms with E-state index < -0.39 is 8.80 Å². The molecule has 2 rings (SSSR count). The SMILES string of the molecule is CC(C)O[Si](CCCc1ccc(-c2ccc(Br)s2)cc1)(OC(C)C)OC(C)C. The van der Waals surface area contributed by atoms with Crippen LogP contribution in [0.5, 0.6) is 0 Å². The minimum atomic E-state index is -2.70. The lowest BCUT2D eigenvalue weighted by Crippen LogP contribution is -2.50. The lowest BCUT2D eigenvalue weighted by atomic mass is 10.1. The van der Waals surface area contributed by atoms with E-state index in [-0.39, 0.29) is 18.3 Å². The summed E-state index contributed by atoms with van der Waals surface area (Å²) in [6.07, 6.45) is 2.26. The molecule has 3 nitrogen and oxygen atoms in total. The molecule has 1 heterocycles. The Balaban J connectivity index is 2.01. The van der Waals surface area contributed by atoms with Crippen LogP contribution in [0.4, 0.5) is 0 Å². The largest absolute Gasteiger partial charge is 0.501 e. The maximum Gasteiger partial charge on any atom is 0.501 e. The van der Waals surface area contributed by atoms with Crippen molar-refractivity contribution in [2.24, 2.45) is 0 Å². The third-order valence-electron chi connectivity index (χ3n) is 4.01. The maximum absolute atomic E-state index is 6.27. The van der Waals surface area contributed by atoms with Gasteiger partial charge in [0.1, 0.15) is 0 Å². The van der Waals surface area contributed by atoms with Gasteiger partial charge < -0.3 is 13.3 Å². The number of thiophene rings is 1. The maximum atomic E-state index is 6.27. The summed E-state index contributed by atoms with van der Waals surface area (Å²) in [7, 11) is -2.70. The summed E-state index contributed by atoms with van der Waals surface area (Å²) in [6.45, 7) is 12.3. The molecular weight excluding hydrogens is 452 g/mol. The quantitative estimate of drug-likeness (QED) is 0.312. The number of hydrogen-bond donors (Lipinski definition) is 0. The zero-order valence-electron chi connectivity index (χ0n) is 17.8. The minimum absolute atomic E-state index is 0.0913. The van der Waals surface area contributed by atoms with E-state index in [1.165, 1.54) is 16.0 Å². The molecular formula is C22H33BrO3SSi. The van der Waals surface area contributed by atoms with Crippen LogP contribution in [-0.4, -0.2) is 27.1 Å². The highest BCUT2D eigenvalue weighted by molar-refractivity contribution is 9.11. The van der Waals surface area contributed by atoms with Crippen molar-refractivity contribution < 1.29 is 13.3 Å². The molecule has 0 unspecified atom stereocenters. The number of benzene rings is 1. The first-order chi connectivity index (χ1) is 13.2. The molecule has 0 bridgehead atoms. The van der Waals surface area contributed by atoms with Crippen LogP contribution in [0.25, 0.3) is 10.4 Å². The molecule has 0 aliphatic heterocycles. The van der Waals surface area contributed by atoms with Crippen molar-refractivity contribution in [3.63, 3.8) is 0 Å². The predicted molar refractivity (Wildman–Crippen MR) is 125 cm³/mol. The molecule has 28 heavy (non-hydrogen) atoms. The molecule has 0 radical (unpaired) electrons. The zero-order chi connectivity index (χ0) is 20.7. The Kier molecular flexibility index (Phi) is 9.37. The first kappa shape index (κ1) is 23.8. The molecule has 0 aliphatic carbocycles. The van der Waals surface area contributed by atoms with Crippen molar-refractivity contribution in [2.75, 3.05) is 0 Å². The van der Waals surface area contributed by atoms with E-state index in [1.807, 2.05) is 0 Å². The van der Waals surface area contributed by atoms with E-state index in [0.29, 0.717) is 0 Å². The molecule has 1 aromatic carbocycles. The summed E-state index contributed by atoms with van der Waals surface area (Å²) in [5.41, 5.74) is 2.60. The Morgan fingerprint density at radius 3 is 1.79 bits per heavy atom. The first-order valence-electron chi connectivity index (χ1n) is 10.1. The van der Waals surface area contributed by atoms with Gasteiger partial charge in [-0.3, -0.25) is 0 Å². The Labute approximate surface area is 183 Å². The second-order valence-corrected chi connectivity index (χ2v) is 12.9. The fourth-order valence-corrected chi connectivity index (χ4v) is 7.83. The minimum Gasteiger partial charge on any atom is -0.371 e. The number of halogens is 1. The highest BCUT2D eigenvalue weighted by Gasteiger charge is 2.43. The molecule has 0 fully saturated rings. The first-order valence-corrected chi connectivity index (χ1v) is 13.6. The standard InChI is InChI=1S/C22H33BrO3SSi/c1-16(2)24-28(25-17(3)4,26-18(5)6)15-7-8-19-9-11-20(12-10-19)21-13-14-22(23)27-21/h9-14,16-18H,7-8,15H2,1-6H3. The molecule has 6 heteroatoms. The van der Waals surface area contributed by atoms with Gasteiger partial charge in [0.25, 0.3) is 0 Å². The second-order valence-electron chi connectivity index (χ2n) is 7.84. The summed E-state index contributed by atoms with van der Waals surface area (Å²) >= 11 is 5.29. The lowest BCUT2D eigenvalue weighted by Gasteiger charge is -2.34. The second kappa shape index (κ2) is 11.0. The average molecular weight is 486 g/mol. The van der Waals surface area contributed by atoms with Crippen molar-refractivity contribution >= 4 is 36.1 Å². The van der Waals surface area contributed by atoms with Crippen LogP contribution >= 0.6 is 27.3 Å². The molecule has 156 valence electrons. The molecule has 0 amide bonds. The molecule has 2 aromatic rings. The van der Waals surface area contributed by atoms with Gasteiger partial charge in [-0.15, -0.1) is 11.3 Å². The summed E-state index contributed by atoms with van der Waals surface area (Å²) in [6, 6.07) is 13.9. The monoisotopic (exact) mass is 484 g/mol. The topological polar surface area (TPSA) is 27.7 Å². The van der Waals surface area contributed by atoms with Gasteiger partial charge >= 0.3 is 8.80 Å². The smallest absolute Gasteiger partial charge is 0.371 e. The van der Waals surface area contributed by atoms with Crippen molar-refractivity contribution in [1.82, 2.24) is 0 Å². The van der Waals surface area contributed by atoms with E-state index in [0.717, 1.165) is 22.7 Å². The van der Waals surface area contributed by atoms with Crippen LogP contribution in [0.3, 0.4) is 0 Å². The molecule has 0 saturated carbocycles. The molecule has 0 saturated heterocycles. The van der Waals surface area contributed by atoms with Crippen LogP contribution < -0.4 is 0 Å². The summed E-state index contributed by atoms with van der Waals surface area (Å²) < 4.78 is 20.0. The van der Waals surface area contributed by atoms with Gasteiger partial charge in [-0.1, -0.05) is 24.3 Å². The van der Waals surface area contributed by atoms with Crippen LogP contribution in [0.2, 0.25) is 6.04 Å². The Bertz CT molecular complexity index is 686. The van der Waals surface area contributed by atoms with Gasteiger partial charge in [0.15, 0.2) is 0 Å². The molecule has 0 N–H and O–H groups in total. The molecule has 0 aliphatic rings. The molecule has 0 atom stereocenters.